The third-order valence-corrected chi connectivity index (χ3v) is 5.90. The van der Waals surface area contributed by atoms with Crippen LogP contribution in [-0.2, 0) is 14.8 Å². The summed E-state index contributed by atoms with van der Waals surface area (Å²) in [5.74, 6) is -1.11. The van der Waals surface area contributed by atoms with Gasteiger partial charge in [0.05, 0.1) is 10.8 Å². The number of carboxylic acids is 1. The van der Waals surface area contributed by atoms with Crippen molar-refractivity contribution in [2.45, 2.75) is 56.5 Å². The van der Waals surface area contributed by atoms with Crippen molar-refractivity contribution in [3.8, 4) is 0 Å². The van der Waals surface area contributed by atoms with Gasteiger partial charge in [0.15, 0.2) is 0 Å². The molecular weight excluding hydrogens is 358 g/mol. The molecule has 1 fully saturated rings. The fourth-order valence-corrected chi connectivity index (χ4v) is 4.18. The first-order chi connectivity index (χ1) is 12.2. The highest BCUT2D eigenvalue weighted by molar-refractivity contribution is 7.89. The molecule has 0 bridgehead atoms. The highest BCUT2D eigenvalue weighted by atomic mass is 32.2. The molecule has 0 aliphatic heterocycles. The number of hydrogen-bond donors (Lipinski definition) is 4. The number of benzene rings is 1. The second-order valence-corrected chi connectivity index (χ2v) is 8.50. The molecule has 26 heavy (non-hydrogen) atoms. The number of aliphatic carboxylic acids is 1. The smallest absolute Gasteiger partial charge is 0.319 e. The summed E-state index contributed by atoms with van der Waals surface area (Å²) in [4.78, 5) is 23.1. The molecular formula is C17H25N3O5S. The maximum absolute atomic E-state index is 12.1. The van der Waals surface area contributed by atoms with Gasteiger partial charge in [-0.05, 0) is 63.8 Å². The molecule has 9 heteroatoms. The monoisotopic (exact) mass is 383 g/mol. The zero-order valence-corrected chi connectivity index (χ0v) is 15.7. The van der Waals surface area contributed by atoms with Crippen molar-refractivity contribution < 1.29 is 23.1 Å². The molecule has 1 aliphatic carbocycles. The summed E-state index contributed by atoms with van der Waals surface area (Å²) >= 11 is 0. The third kappa shape index (κ3) is 5.70. The average Bonchev–Trinajstić information content (AvgIpc) is 2.54. The Morgan fingerprint density at radius 2 is 1.65 bits per heavy atom. The molecule has 0 heterocycles. The predicted molar refractivity (Wildman–Crippen MR) is 97.4 cm³/mol. The van der Waals surface area contributed by atoms with Gasteiger partial charge in [0.1, 0.15) is 0 Å². The van der Waals surface area contributed by atoms with Crippen LogP contribution in [0.4, 0.5) is 10.5 Å². The minimum Gasteiger partial charge on any atom is -0.481 e. The summed E-state index contributed by atoms with van der Waals surface area (Å²) in [6, 6.07) is 5.25. The molecule has 1 aliphatic rings. The van der Waals surface area contributed by atoms with E-state index in [1.807, 2.05) is 0 Å². The van der Waals surface area contributed by atoms with E-state index in [0.717, 1.165) is 0 Å². The summed E-state index contributed by atoms with van der Waals surface area (Å²) in [6.07, 6.45) is 2.36. The Bertz CT molecular complexity index is 738. The van der Waals surface area contributed by atoms with E-state index in [1.54, 1.807) is 13.8 Å². The van der Waals surface area contributed by atoms with Crippen LogP contribution in [-0.4, -0.2) is 37.6 Å². The highest BCUT2D eigenvalue weighted by Gasteiger charge is 2.26. The minimum atomic E-state index is -3.57. The van der Waals surface area contributed by atoms with Crippen molar-refractivity contribution in [1.82, 2.24) is 10.0 Å². The summed E-state index contributed by atoms with van der Waals surface area (Å²) in [5, 5.41) is 14.5. The van der Waals surface area contributed by atoms with E-state index in [4.69, 9.17) is 5.11 Å². The number of sulfonamides is 1. The Labute approximate surface area is 153 Å². The van der Waals surface area contributed by atoms with Gasteiger partial charge in [-0.15, -0.1) is 0 Å². The molecule has 0 aromatic heterocycles. The maximum Gasteiger partial charge on any atom is 0.319 e. The van der Waals surface area contributed by atoms with E-state index in [-0.39, 0.29) is 28.9 Å². The topological polar surface area (TPSA) is 125 Å². The number of hydrogen-bond acceptors (Lipinski definition) is 4. The van der Waals surface area contributed by atoms with Gasteiger partial charge in [0, 0.05) is 17.8 Å². The lowest BCUT2D eigenvalue weighted by atomic mass is 9.86. The number of carboxylic acid groups (broad SMARTS) is 1. The van der Waals surface area contributed by atoms with Gasteiger partial charge in [-0.1, -0.05) is 0 Å². The van der Waals surface area contributed by atoms with Gasteiger partial charge in [-0.3, -0.25) is 4.79 Å². The van der Waals surface area contributed by atoms with Crippen LogP contribution in [0, 0.1) is 5.92 Å². The maximum atomic E-state index is 12.1. The van der Waals surface area contributed by atoms with Crippen LogP contribution in [0.5, 0.6) is 0 Å². The zero-order chi connectivity index (χ0) is 19.3. The van der Waals surface area contributed by atoms with Gasteiger partial charge >= 0.3 is 12.0 Å². The lowest BCUT2D eigenvalue weighted by Gasteiger charge is -2.26. The predicted octanol–water partition coefficient (Wildman–Crippen LogP) is 2.14. The molecule has 2 rings (SSSR count). The van der Waals surface area contributed by atoms with E-state index in [0.29, 0.717) is 31.4 Å². The molecule has 4 N–H and O–H groups in total. The molecule has 0 spiro atoms. The number of rotatable bonds is 6. The largest absolute Gasteiger partial charge is 0.481 e. The lowest BCUT2D eigenvalue weighted by Crippen LogP contribution is -2.41. The Morgan fingerprint density at radius 1 is 1.08 bits per heavy atom. The first-order valence-corrected chi connectivity index (χ1v) is 10.1. The molecule has 0 atom stereocenters. The van der Waals surface area contributed by atoms with Crippen LogP contribution in [0.2, 0.25) is 0 Å². The molecule has 1 aromatic carbocycles. The quantitative estimate of drug-likeness (QED) is 0.599. The van der Waals surface area contributed by atoms with Crippen LogP contribution in [0.3, 0.4) is 0 Å². The van der Waals surface area contributed by atoms with Gasteiger partial charge in [-0.2, -0.15) is 0 Å². The first kappa shape index (κ1) is 20.2. The van der Waals surface area contributed by atoms with Crippen LogP contribution in [0.15, 0.2) is 29.2 Å². The number of urea groups is 1. The molecule has 0 unspecified atom stereocenters. The molecule has 0 saturated heterocycles. The van der Waals surface area contributed by atoms with Crippen molar-refractivity contribution in [1.29, 1.82) is 0 Å². The normalized spacial score (nSPS) is 20.6. The van der Waals surface area contributed by atoms with Gasteiger partial charge < -0.3 is 15.7 Å². The van der Waals surface area contributed by atoms with Crippen molar-refractivity contribution in [2.24, 2.45) is 5.92 Å². The van der Waals surface area contributed by atoms with Crippen molar-refractivity contribution in [3.63, 3.8) is 0 Å². The number of carbonyl (C=O) groups excluding carboxylic acids is 1. The van der Waals surface area contributed by atoms with Crippen molar-refractivity contribution in [3.05, 3.63) is 24.3 Å². The van der Waals surface area contributed by atoms with Crippen molar-refractivity contribution in [2.75, 3.05) is 5.32 Å². The van der Waals surface area contributed by atoms with Gasteiger partial charge in [0.2, 0.25) is 10.0 Å². The lowest BCUT2D eigenvalue weighted by molar-refractivity contribution is -0.142. The van der Waals surface area contributed by atoms with E-state index >= 15 is 0 Å². The molecule has 144 valence electrons. The Balaban J connectivity index is 1.87. The van der Waals surface area contributed by atoms with Crippen molar-refractivity contribution >= 4 is 27.7 Å². The molecule has 8 nitrogen and oxygen atoms in total. The second-order valence-electron chi connectivity index (χ2n) is 6.79. The van der Waals surface area contributed by atoms with Gasteiger partial charge in [-0.25, -0.2) is 17.9 Å². The summed E-state index contributed by atoms with van der Waals surface area (Å²) in [5.41, 5.74) is 0.477. The average molecular weight is 383 g/mol. The fourth-order valence-electron chi connectivity index (χ4n) is 2.93. The summed E-state index contributed by atoms with van der Waals surface area (Å²) in [6.45, 7) is 3.48. The highest BCUT2D eigenvalue weighted by Crippen LogP contribution is 2.24. The minimum absolute atomic E-state index is 0.0551. The Kier molecular flexibility index (Phi) is 6.60. The first-order valence-electron chi connectivity index (χ1n) is 8.60. The molecule has 1 aromatic rings. The standard InChI is InChI=1S/C17H25N3O5S/c1-11(2)20-26(24,25)15-9-7-14(8-10-15)19-17(23)18-13-5-3-12(4-6-13)16(21)22/h7-13,20H,3-6H2,1-2H3,(H,21,22)(H2,18,19,23). The fraction of sp³-hybridized carbons (Fsp3) is 0.529. The number of anilines is 1. The van der Waals surface area contributed by atoms with Crippen LogP contribution < -0.4 is 15.4 Å². The Morgan fingerprint density at radius 3 is 2.15 bits per heavy atom. The van der Waals surface area contributed by atoms with Crippen LogP contribution in [0.1, 0.15) is 39.5 Å². The third-order valence-electron chi connectivity index (χ3n) is 4.22. The second kappa shape index (κ2) is 8.50. The van der Waals surface area contributed by atoms with E-state index < -0.39 is 16.0 Å². The van der Waals surface area contributed by atoms with E-state index in [9.17, 15) is 18.0 Å². The van der Waals surface area contributed by atoms with Crippen LogP contribution in [0.25, 0.3) is 0 Å². The number of amides is 2. The zero-order valence-electron chi connectivity index (χ0n) is 14.9. The summed E-state index contributed by atoms with van der Waals surface area (Å²) in [7, 11) is -3.57. The summed E-state index contributed by atoms with van der Waals surface area (Å²) < 4.78 is 26.6. The van der Waals surface area contributed by atoms with E-state index in [2.05, 4.69) is 15.4 Å². The Hall–Kier alpha value is -2.13. The molecule has 0 radical (unpaired) electrons. The van der Waals surface area contributed by atoms with Crippen LogP contribution >= 0.6 is 0 Å². The number of nitrogens with one attached hydrogen (secondary N) is 3. The molecule has 2 amide bonds. The van der Waals surface area contributed by atoms with E-state index in [1.165, 1.54) is 24.3 Å². The SMILES string of the molecule is CC(C)NS(=O)(=O)c1ccc(NC(=O)NC2CCC(C(=O)O)CC2)cc1. The van der Waals surface area contributed by atoms with Gasteiger partial charge in [0.25, 0.3) is 0 Å². The molecule has 1 saturated carbocycles. The number of carbonyl (C=O) groups is 2.